The van der Waals surface area contributed by atoms with Crippen molar-refractivity contribution < 1.29 is 22.4 Å². The van der Waals surface area contributed by atoms with Gasteiger partial charge >= 0.3 is 0 Å². The number of hydrogen-bond donors (Lipinski definition) is 1. The normalized spacial score (nSPS) is 15.1. The highest BCUT2D eigenvalue weighted by atomic mass is 32.2. The van der Waals surface area contributed by atoms with E-state index in [0.29, 0.717) is 23.1 Å². The van der Waals surface area contributed by atoms with Crippen LogP contribution in [0.1, 0.15) is 51.0 Å². The molecule has 1 aliphatic carbocycles. The minimum atomic E-state index is -3.86. The molecule has 2 amide bonds. The Hall–Kier alpha value is -3.46. The maximum absolute atomic E-state index is 13.9. The molecule has 0 saturated heterocycles. The third-order valence-electron chi connectivity index (χ3n) is 7.32. The van der Waals surface area contributed by atoms with E-state index in [2.05, 4.69) is 5.32 Å². The van der Waals surface area contributed by atoms with Crippen LogP contribution in [-0.4, -0.2) is 50.0 Å². The molecule has 0 unspecified atom stereocenters. The van der Waals surface area contributed by atoms with Crippen LogP contribution in [0.25, 0.3) is 10.8 Å². The molecule has 1 atom stereocenters. The molecule has 3 aromatic carbocycles. The minimum Gasteiger partial charge on any atom is -0.352 e. The van der Waals surface area contributed by atoms with Gasteiger partial charge in [0.2, 0.25) is 21.8 Å². The van der Waals surface area contributed by atoms with Crippen LogP contribution in [-0.2, 0) is 26.2 Å². The molecule has 3 aromatic rings. The third kappa shape index (κ3) is 7.15. The van der Waals surface area contributed by atoms with Crippen molar-refractivity contribution in [3.05, 3.63) is 78.1 Å². The molecule has 1 fully saturated rings. The summed E-state index contributed by atoms with van der Waals surface area (Å²) in [5.41, 5.74) is 1.04. The van der Waals surface area contributed by atoms with E-state index >= 15 is 0 Å². The van der Waals surface area contributed by atoms with E-state index in [1.165, 1.54) is 17.0 Å². The molecule has 0 radical (unpaired) electrons. The van der Waals surface area contributed by atoms with Gasteiger partial charge in [-0.3, -0.25) is 13.9 Å². The van der Waals surface area contributed by atoms with Gasteiger partial charge in [-0.05, 0) is 48.4 Å². The van der Waals surface area contributed by atoms with E-state index in [-0.39, 0.29) is 18.5 Å². The molecule has 1 aliphatic rings. The first-order valence-corrected chi connectivity index (χ1v) is 15.3. The van der Waals surface area contributed by atoms with Crippen molar-refractivity contribution >= 4 is 38.3 Å². The summed E-state index contributed by atoms with van der Waals surface area (Å²) in [7, 11) is -3.86. The van der Waals surface area contributed by atoms with Crippen molar-refractivity contribution in [1.82, 2.24) is 10.2 Å². The number of halogens is 1. The van der Waals surface area contributed by atoms with Gasteiger partial charge in [0.1, 0.15) is 18.4 Å². The molecule has 208 valence electrons. The number of nitrogens with zero attached hydrogens (tertiary/aromatic N) is 2. The lowest BCUT2D eigenvalue weighted by Gasteiger charge is -2.34. The van der Waals surface area contributed by atoms with Gasteiger partial charge in [-0.2, -0.15) is 0 Å². The molecule has 1 N–H and O–H groups in total. The van der Waals surface area contributed by atoms with Gasteiger partial charge in [-0.1, -0.05) is 74.7 Å². The van der Waals surface area contributed by atoms with Crippen molar-refractivity contribution in [1.29, 1.82) is 0 Å². The van der Waals surface area contributed by atoms with Crippen molar-refractivity contribution in [3.8, 4) is 0 Å². The summed E-state index contributed by atoms with van der Waals surface area (Å²) < 4.78 is 40.7. The largest absolute Gasteiger partial charge is 0.352 e. The topological polar surface area (TPSA) is 86.8 Å². The number of carbonyl (C=O) groups is 2. The molecule has 0 bridgehead atoms. The number of hydrogen-bond acceptors (Lipinski definition) is 4. The second-order valence-electron chi connectivity index (χ2n) is 10.2. The molecule has 9 heteroatoms. The van der Waals surface area contributed by atoms with Gasteiger partial charge in [0.15, 0.2) is 0 Å². The van der Waals surface area contributed by atoms with Crippen molar-refractivity contribution in [2.75, 3.05) is 17.1 Å². The van der Waals surface area contributed by atoms with Crippen LogP contribution >= 0.6 is 0 Å². The third-order valence-corrected chi connectivity index (χ3v) is 8.44. The standard InChI is InChI=1S/C30H36FN3O4S/c1-3-27(30(36)32-25-12-5-4-6-13-25)33(20-22-16-18-24(31)19-17-22)29(35)21-34(39(2,37)38)28-15-9-11-23-10-7-8-14-26(23)28/h7-11,14-19,25,27H,3-6,12-13,20-21H2,1-2H3,(H,32,36)/t27-/m0/s1. The summed E-state index contributed by atoms with van der Waals surface area (Å²) in [5.74, 6) is -1.17. The zero-order valence-corrected chi connectivity index (χ0v) is 23.3. The lowest BCUT2D eigenvalue weighted by Crippen LogP contribution is -2.54. The average molecular weight is 554 g/mol. The lowest BCUT2D eigenvalue weighted by molar-refractivity contribution is -0.140. The van der Waals surface area contributed by atoms with E-state index in [1.807, 2.05) is 37.3 Å². The number of carbonyl (C=O) groups excluding carboxylic acids is 2. The monoisotopic (exact) mass is 553 g/mol. The Balaban J connectivity index is 1.67. The molecule has 0 spiro atoms. The van der Waals surface area contributed by atoms with Gasteiger partial charge in [0.25, 0.3) is 0 Å². The van der Waals surface area contributed by atoms with Crippen LogP contribution in [0, 0.1) is 5.82 Å². The van der Waals surface area contributed by atoms with Gasteiger partial charge in [-0.15, -0.1) is 0 Å². The van der Waals surface area contributed by atoms with E-state index in [0.717, 1.165) is 48.1 Å². The SMILES string of the molecule is CC[C@@H](C(=O)NC1CCCCC1)N(Cc1ccc(F)cc1)C(=O)CN(c1cccc2ccccc12)S(C)(=O)=O. The fourth-order valence-corrected chi connectivity index (χ4v) is 6.13. The van der Waals surface area contributed by atoms with Crippen LogP contribution in [0.2, 0.25) is 0 Å². The van der Waals surface area contributed by atoms with E-state index in [9.17, 15) is 22.4 Å². The summed E-state index contributed by atoms with van der Waals surface area (Å²) in [4.78, 5) is 28.8. The molecule has 0 heterocycles. The average Bonchev–Trinajstić information content (AvgIpc) is 2.92. The number of nitrogens with one attached hydrogen (secondary N) is 1. The van der Waals surface area contributed by atoms with Gasteiger partial charge in [0.05, 0.1) is 11.9 Å². The Bertz CT molecular complexity index is 1400. The van der Waals surface area contributed by atoms with Crippen LogP contribution < -0.4 is 9.62 Å². The van der Waals surface area contributed by atoms with Crippen LogP contribution in [0.3, 0.4) is 0 Å². The Morgan fingerprint density at radius 3 is 2.31 bits per heavy atom. The van der Waals surface area contributed by atoms with Gasteiger partial charge in [0, 0.05) is 18.0 Å². The van der Waals surface area contributed by atoms with E-state index < -0.39 is 34.3 Å². The Kier molecular flexibility index (Phi) is 9.22. The number of fused-ring (bicyclic) bond motifs is 1. The fourth-order valence-electron chi connectivity index (χ4n) is 5.27. The molecular formula is C30H36FN3O4S. The molecular weight excluding hydrogens is 517 g/mol. The number of benzene rings is 3. The van der Waals surface area contributed by atoms with E-state index in [1.54, 1.807) is 24.3 Å². The highest BCUT2D eigenvalue weighted by Gasteiger charge is 2.33. The zero-order valence-electron chi connectivity index (χ0n) is 22.5. The Morgan fingerprint density at radius 2 is 1.64 bits per heavy atom. The first-order chi connectivity index (χ1) is 18.7. The maximum atomic E-state index is 13.9. The molecule has 4 rings (SSSR count). The quantitative estimate of drug-likeness (QED) is 0.383. The van der Waals surface area contributed by atoms with Crippen molar-refractivity contribution in [3.63, 3.8) is 0 Å². The smallest absolute Gasteiger partial charge is 0.244 e. The summed E-state index contributed by atoms with van der Waals surface area (Å²) in [5, 5.41) is 4.66. The first kappa shape index (κ1) is 28.5. The fraction of sp³-hybridized carbons (Fsp3) is 0.400. The maximum Gasteiger partial charge on any atom is 0.244 e. The highest BCUT2D eigenvalue weighted by Crippen LogP contribution is 2.29. The highest BCUT2D eigenvalue weighted by molar-refractivity contribution is 7.92. The van der Waals surface area contributed by atoms with Gasteiger partial charge < -0.3 is 10.2 Å². The summed E-state index contributed by atoms with van der Waals surface area (Å²) in [6.45, 7) is 1.40. The zero-order chi connectivity index (χ0) is 28.0. The number of sulfonamides is 1. The van der Waals surface area contributed by atoms with Gasteiger partial charge in [-0.25, -0.2) is 12.8 Å². The molecule has 39 heavy (non-hydrogen) atoms. The summed E-state index contributed by atoms with van der Waals surface area (Å²) in [6, 6.07) is 17.7. The molecule has 1 saturated carbocycles. The Labute approximate surface area is 230 Å². The van der Waals surface area contributed by atoms with Crippen molar-refractivity contribution in [2.45, 2.75) is 64.1 Å². The predicted octanol–water partition coefficient (Wildman–Crippen LogP) is 5.00. The predicted molar refractivity (Wildman–Crippen MR) is 152 cm³/mol. The van der Waals surface area contributed by atoms with Crippen LogP contribution in [0.5, 0.6) is 0 Å². The second kappa shape index (κ2) is 12.6. The summed E-state index contributed by atoms with van der Waals surface area (Å²) >= 11 is 0. The number of rotatable bonds is 10. The Morgan fingerprint density at radius 1 is 0.974 bits per heavy atom. The molecule has 0 aliphatic heterocycles. The lowest BCUT2D eigenvalue weighted by atomic mass is 9.95. The minimum absolute atomic E-state index is 0.0445. The van der Waals surface area contributed by atoms with E-state index in [4.69, 9.17) is 0 Å². The first-order valence-electron chi connectivity index (χ1n) is 13.5. The molecule has 0 aromatic heterocycles. The number of amides is 2. The van der Waals surface area contributed by atoms with Crippen molar-refractivity contribution in [2.24, 2.45) is 0 Å². The number of anilines is 1. The molecule has 7 nitrogen and oxygen atoms in total. The summed E-state index contributed by atoms with van der Waals surface area (Å²) in [6.07, 6.45) is 6.46. The second-order valence-corrected chi connectivity index (χ2v) is 12.1. The van der Waals surface area contributed by atoms with Crippen LogP contribution in [0.15, 0.2) is 66.7 Å². The van der Waals surface area contributed by atoms with Crippen LogP contribution in [0.4, 0.5) is 10.1 Å².